The number of fused-ring (bicyclic) bond motifs is 2. The Hall–Kier alpha value is -2.97. The Balaban J connectivity index is 1.50. The zero-order valence-electron chi connectivity index (χ0n) is 17.3. The van der Waals surface area contributed by atoms with Gasteiger partial charge in [-0.1, -0.05) is 104 Å². The van der Waals surface area contributed by atoms with Gasteiger partial charge in [0.15, 0.2) is 0 Å². The van der Waals surface area contributed by atoms with Crippen LogP contribution in [-0.2, 0) is 0 Å². The fourth-order valence-electron chi connectivity index (χ4n) is 4.21. The summed E-state index contributed by atoms with van der Waals surface area (Å²) in [5.74, 6) is 0.723. The SMILES string of the molecule is CC(c1ccccc1)c1ccc2c(c1)Sc1c(cccc1C(C)c1ccccc1)N2. The number of nitrogens with one attached hydrogen (secondary N) is 1. The highest BCUT2D eigenvalue weighted by Crippen LogP contribution is 2.49. The average molecular weight is 408 g/mol. The summed E-state index contributed by atoms with van der Waals surface area (Å²) >= 11 is 1.90. The van der Waals surface area contributed by atoms with Crippen LogP contribution < -0.4 is 5.32 Å². The highest BCUT2D eigenvalue weighted by molar-refractivity contribution is 7.99. The van der Waals surface area contributed by atoms with Crippen molar-refractivity contribution in [2.75, 3.05) is 5.32 Å². The standard InChI is InChI=1S/C28H25NS/c1-19(21-10-5-3-6-11-21)23-16-17-25-27(18-23)30-28-24(14-9-15-26(28)29-25)20(2)22-12-7-4-8-13-22/h3-20,29H,1-2H3. The van der Waals surface area contributed by atoms with E-state index in [1.165, 1.54) is 43.4 Å². The van der Waals surface area contributed by atoms with E-state index in [-0.39, 0.29) is 0 Å². The van der Waals surface area contributed by atoms with Gasteiger partial charge in [0, 0.05) is 21.6 Å². The van der Waals surface area contributed by atoms with Gasteiger partial charge in [-0.2, -0.15) is 0 Å². The summed E-state index contributed by atoms with van der Waals surface area (Å²) in [5, 5.41) is 3.67. The predicted molar refractivity (Wildman–Crippen MR) is 128 cm³/mol. The van der Waals surface area contributed by atoms with Crippen molar-refractivity contribution in [1.29, 1.82) is 0 Å². The van der Waals surface area contributed by atoms with Crippen LogP contribution in [0.3, 0.4) is 0 Å². The van der Waals surface area contributed by atoms with E-state index in [0.29, 0.717) is 11.8 Å². The molecule has 1 N–H and O–H groups in total. The van der Waals surface area contributed by atoms with Crippen molar-refractivity contribution in [2.24, 2.45) is 0 Å². The number of hydrogen-bond donors (Lipinski definition) is 1. The Kier molecular flexibility index (Phi) is 5.10. The van der Waals surface area contributed by atoms with E-state index in [1.807, 2.05) is 11.8 Å². The molecule has 1 aliphatic rings. The average Bonchev–Trinajstić information content (AvgIpc) is 2.82. The molecule has 30 heavy (non-hydrogen) atoms. The van der Waals surface area contributed by atoms with Gasteiger partial charge in [-0.15, -0.1) is 0 Å². The van der Waals surface area contributed by atoms with Crippen LogP contribution in [0.15, 0.2) is 107 Å². The van der Waals surface area contributed by atoms with Gasteiger partial charge in [0.2, 0.25) is 0 Å². The molecule has 0 bridgehead atoms. The van der Waals surface area contributed by atoms with E-state index < -0.39 is 0 Å². The second kappa shape index (κ2) is 8.04. The van der Waals surface area contributed by atoms with Crippen molar-refractivity contribution in [3.63, 3.8) is 0 Å². The fraction of sp³-hybridized carbons (Fsp3) is 0.143. The van der Waals surface area contributed by atoms with Crippen LogP contribution in [-0.4, -0.2) is 0 Å². The molecule has 4 aromatic rings. The lowest BCUT2D eigenvalue weighted by atomic mass is 9.92. The van der Waals surface area contributed by atoms with Crippen LogP contribution in [0.5, 0.6) is 0 Å². The number of rotatable bonds is 4. The summed E-state index contributed by atoms with van der Waals surface area (Å²) in [4.78, 5) is 2.64. The minimum atomic E-state index is 0.350. The number of hydrogen-bond acceptors (Lipinski definition) is 2. The molecule has 1 heterocycles. The topological polar surface area (TPSA) is 12.0 Å². The summed E-state index contributed by atoms with van der Waals surface area (Å²) in [6.45, 7) is 4.59. The quantitative estimate of drug-likeness (QED) is 0.322. The summed E-state index contributed by atoms with van der Waals surface area (Å²) in [5.41, 5.74) is 7.83. The molecule has 0 radical (unpaired) electrons. The normalized spacial score (nSPS) is 14.2. The molecule has 0 saturated carbocycles. The lowest BCUT2D eigenvalue weighted by molar-refractivity contribution is 0.893. The molecule has 0 aromatic heterocycles. The van der Waals surface area contributed by atoms with Gasteiger partial charge in [0.05, 0.1) is 11.4 Å². The van der Waals surface area contributed by atoms with E-state index in [1.54, 1.807) is 0 Å². The third-order valence-electron chi connectivity index (χ3n) is 6.10. The molecule has 148 valence electrons. The predicted octanol–water partition coefficient (Wildman–Crippen LogP) is 8.20. The molecule has 5 rings (SSSR count). The van der Waals surface area contributed by atoms with Crippen LogP contribution >= 0.6 is 11.8 Å². The first kappa shape index (κ1) is 19.0. The molecule has 4 aromatic carbocycles. The van der Waals surface area contributed by atoms with Crippen molar-refractivity contribution in [3.8, 4) is 0 Å². The van der Waals surface area contributed by atoms with Crippen molar-refractivity contribution >= 4 is 23.1 Å². The zero-order valence-corrected chi connectivity index (χ0v) is 18.1. The molecule has 2 unspecified atom stereocenters. The summed E-state index contributed by atoms with van der Waals surface area (Å²) < 4.78 is 0. The smallest absolute Gasteiger partial charge is 0.0529 e. The van der Waals surface area contributed by atoms with Gasteiger partial charge in [-0.05, 0) is 40.5 Å². The summed E-state index contributed by atoms with van der Waals surface area (Å²) in [7, 11) is 0. The summed E-state index contributed by atoms with van der Waals surface area (Å²) in [6, 6.07) is 35.0. The van der Waals surface area contributed by atoms with Crippen LogP contribution in [0.1, 0.15) is 47.9 Å². The molecule has 0 fully saturated rings. The Morgan fingerprint density at radius 1 is 0.600 bits per heavy atom. The lowest BCUT2D eigenvalue weighted by Gasteiger charge is -2.26. The first-order valence-electron chi connectivity index (χ1n) is 10.5. The maximum Gasteiger partial charge on any atom is 0.0529 e. The minimum Gasteiger partial charge on any atom is -0.354 e. The van der Waals surface area contributed by atoms with E-state index in [0.717, 1.165) is 0 Å². The third kappa shape index (κ3) is 3.53. The van der Waals surface area contributed by atoms with Crippen LogP contribution in [0.25, 0.3) is 0 Å². The van der Waals surface area contributed by atoms with Gasteiger partial charge in [-0.25, -0.2) is 0 Å². The molecule has 0 aliphatic carbocycles. The fourth-order valence-corrected chi connectivity index (χ4v) is 5.45. The number of benzene rings is 4. The van der Waals surface area contributed by atoms with E-state index in [4.69, 9.17) is 0 Å². The Bertz CT molecular complexity index is 1170. The molecule has 1 aliphatic heterocycles. The van der Waals surface area contributed by atoms with Crippen LogP contribution in [0.2, 0.25) is 0 Å². The third-order valence-corrected chi connectivity index (χ3v) is 7.32. The molecular formula is C28H25NS. The van der Waals surface area contributed by atoms with Crippen LogP contribution in [0.4, 0.5) is 11.4 Å². The van der Waals surface area contributed by atoms with Crippen LogP contribution in [0, 0.1) is 0 Å². The first-order chi connectivity index (χ1) is 14.7. The molecule has 0 saturated heterocycles. The van der Waals surface area contributed by atoms with Gasteiger partial charge in [0.1, 0.15) is 0 Å². The monoisotopic (exact) mass is 407 g/mol. The Morgan fingerprint density at radius 3 is 1.97 bits per heavy atom. The number of anilines is 2. The molecule has 0 amide bonds. The van der Waals surface area contributed by atoms with E-state index >= 15 is 0 Å². The van der Waals surface area contributed by atoms with E-state index in [2.05, 4.69) is 116 Å². The van der Waals surface area contributed by atoms with Gasteiger partial charge in [0.25, 0.3) is 0 Å². The largest absolute Gasteiger partial charge is 0.354 e. The molecule has 2 heteroatoms. The highest BCUT2D eigenvalue weighted by atomic mass is 32.2. The first-order valence-corrected chi connectivity index (χ1v) is 11.3. The minimum absolute atomic E-state index is 0.350. The lowest BCUT2D eigenvalue weighted by Crippen LogP contribution is -2.06. The summed E-state index contributed by atoms with van der Waals surface area (Å²) in [6.07, 6.45) is 0. The molecule has 0 spiro atoms. The second-order valence-electron chi connectivity index (χ2n) is 7.97. The zero-order chi connectivity index (χ0) is 20.5. The van der Waals surface area contributed by atoms with Gasteiger partial charge < -0.3 is 5.32 Å². The highest BCUT2D eigenvalue weighted by Gasteiger charge is 2.22. The molecular weight excluding hydrogens is 382 g/mol. The molecule has 1 nitrogen and oxygen atoms in total. The van der Waals surface area contributed by atoms with Gasteiger partial charge >= 0.3 is 0 Å². The molecule has 2 atom stereocenters. The van der Waals surface area contributed by atoms with E-state index in [9.17, 15) is 0 Å². The maximum absolute atomic E-state index is 3.67. The van der Waals surface area contributed by atoms with Gasteiger partial charge in [-0.3, -0.25) is 0 Å². The Labute approximate surface area is 183 Å². The second-order valence-corrected chi connectivity index (χ2v) is 9.02. The van der Waals surface area contributed by atoms with Crippen molar-refractivity contribution < 1.29 is 0 Å². The van der Waals surface area contributed by atoms with Crippen molar-refractivity contribution in [1.82, 2.24) is 0 Å². The van der Waals surface area contributed by atoms with Crippen molar-refractivity contribution in [3.05, 3.63) is 119 Å². The Morgan fingerprint density at radius 2 is 1.27 bits per heavy atom. The maximum atomic E-state index is 3.67. The van der Waals surface area contributed by atoms with Crippen molar-refractivity contribution in [2.45, 2.75) is 35.5 Å².